The van der Waals surface area contributed by atoms with Crippen molar-refractivity contribution in [2.75, 3.05) is 26.7 Å². The second-order valence-corrected chi connectivity index (χ2v) is 6.03. The van der Waals surface area contributed by atoms with Gasteiger partial charge >= 0.3 is 0 Å². The minimum absolute atomic E-state index is 0.110. The van der Waals surface area contributed by atoms with Crippen LogP contribution in [0, 0.1) is 6.92 Å². The second-order valence-electron chi connectivity index (χ2n) is 6.03. The van der Waals surface area contributed by atoms with Gasteiger partial charge in [0.25, 0.3) is 5.91 Å². The van der Waals surface area contributed by atoms with Crippen LogP contribution in [0.5, 0.6) is 5.75 Å². The summed E-state index contributed by atoms with van der Waals surface area (Å²) in [7, 11) is 1.60. The zero-order valence-electron chi connectivity index (χ0n) is 16.2. The van der Waals surface area contributed by atoms with Crippen LogP contribution in [0.2, 0.25) is 0 Å². The predicted molar refractivity (Wildman–Crippen MR) is 109 cm³/mol. The van der Waals surface area contributed by atoms with Crippen LogP contribution in [-0.2, 0) is 6.54 Å². The molecule has 0 saturated carbocycles. The molecule has 0 saturated heterocycles. The van der Waals surface area contributed by atoms with Crippen LogP contribution in [0.25, 0.3) is 0 Å². The highest BCUT2D eigenvalue weighted by Crippen LogP contribution is 2.11. The third-order valence-electron chi connectivity index (χ3n) is 4.07. The Balaban J connectivity index is 1.80. The van der Waals surface area contributed by atoms with Crippen LogP contribution in [0.4, 0.5) is 0 Å². The summed E-state index contributed by atoms with van der Waals surface area (Å²) in [5.74, 6) is 1.36. The number of hydrogen-bond acceptors (Lipinski definition) is 3. The number of hydrogen-bond donors (Lipinski definition) is 3. The molecule has 6 heteroatoms. The van der Waals surface area contributed by atoms with Crippen molar-refractivity contribution >= 4 is 11.9 Å². The monoisotopic (exact) mass is 368 g/mol. The number of amides is 1. The van der Waals surface area contributed by atoms with Crippen molar-refractivity contribution < 1.29 is 9.53 Å². The molecule has 0 aromatic heterocycles. The van der Waals surface area contributed by atoms with E-state index in [4.69, 9.17) is 4.74 Å². The first-order valence-electron chi connectivity index (χ1n) is 9.13. The third kappa shape index (κ3) is 6.66. The normalized spacial score (nSPS) is 11.0. The van der Waals surface area contributed by atoms with Crippen molar-refractivity contribution in [1.29, 1.82) is 0 Å². The maximum atomic E-state index is 12.1. The van der Waals surface area contributed by atoms with Gasteiger partial charge < -0.3 is 20.7 Å². The van der Waals surface area contributed by atoms with E-state index in [9.17, 15) is 4.79 Å². The molecule has 0 fully saturated rings. The highest BCUT2D eigenvalue weighted by molar-refractivity contribution is 5.94. The summed E-state index contributed by atoms with van der Waals surface area (Å²) < 4.78 is 5.10. The van der Waals surface area contributed by atoms with Gasteiger partial charge in [-0.15, -0.1) is 0 Å². The van der Waals surface area contributed by atoms with Gasteiger partial charge in [-0.3, -0.25) is 4.79 Å². The zero-order valence-corrected chi connectivity index (χ0v) is 16.2. The number of rotatable bonds is 8. The standard InChI is InChI=1S/C21H28N4O2/c1-4-22-21(25-15-18-8-6-5-7-16(18)2)24-14-13-23-20(26)17-9-11-19(27-3)12-10-17/h5-12H,4,13-15H2,1-3H3,(H,23,26)(H2,22,24,25). The zero-order chi connectivity index (χ0) is 19.5. The number of aliphatic imine (C=N–C) groups is 1. The summed E-state index contributed by atoms with van der Waals surface area (Å²) in [5, 5.41) is 9.35. The number of methoxy groups -OCH3 is 1. The molecule has 0 aliphatic heterocycles. The lowest BCUT2D eigenvalue weighted by Crippen LogP contribution is -2.41. The van der Waals surface area contributed by atoms with Gasteiger partial charge in [0.2, 0.25) is 0 Å². The molecular formula is C21H28N4O2. The Hall–Kier alpha value is -3.02. The molecule has 0 heterocycles. The topological polar surface area (TPSA) is 74.8 Å². The van der Waals surface area contributed by atoms with Crippen LogP contribution < -0.4 is 20.7 Å². The van der Waals surface area contributed by atoms with Crippen LogP contribution in [0.15, 0.2) is 53.5 Å². The lowest BCUT2D eigenvalue weighted by atomic mass is 10.1. The molecule has 144 valence electrons. The van der Waals surface area contributed by atoms with E-state index in [0.717, 1.165) is 18.3 Å². The highest BCUT2D eigenvalue weighted by atomic mass is 16.5. The molecule has 0 aliphatic rings. The third-order valence-corrected chi connectivity index (χ3v) is 4.07. The molecule has 3 N–H and O–H groups in total. The first kappa shape index (κ1) is 20.3. The largest absolute Gasteiger partial charge is 0.497 e. The Morgan fingerprint density at radius 1 is 1.00 bits per heavy atom. The van der Waals surface area contributed by atoms with Crippen molar-refractivity contribution in [3.63, 3.8) is 0 Å². The van der Waals surface area contributed by atoms with Crippen molar-refractivity contribution in [2.45, 2.75) is 20.4 Å². The number of nitrogens with one attached hydrogen (secondary N) is 3. The average Bonchev–Trinajstić information content (AvgIpc) is 2.70. The molecule has 2 aromatic rings. The summed E-state index contributed by atoms with van der Waals surface area (Å²) in [5.41, 5.74) is 3.03. The molecule has 2 rings (SSSR count). The van der Waals surface area contributed by atoms with E-state index < -0.39 is 0 Å². The fraction of sp³-hybridized carbons (Fsp3) is 0.333. The molecule has 0 atom stereocenters. The molecule has 6 nitrogen and oxygen atoms in total. The molecule has 0 bridgehead atoms. The Morgan fingerprint density at radius 3 is 2.37 bits per heavy atom. The number of nitrogens with zero attached hydrogens (tertiary/aromatic N) is 1. The molecule has 0 unspecified atom stereocenters. The first-order valence-corrected chi connectivity index (χ1v) is 9.13. The molecule has 2 aromatic carbocycles. The SMILES string of the molecule is CCNC(=NCc1ccccc1C)NCCNC(=O)c1ccc(OC)cc1. The maximum Gasteiger partial charge on any atom is 0.251 e. The average molecular weight is 368 g/mol. The van der Waals surface area contributed by atoms with E-state index in [1.165, 1.54) is 11.1 Å². The first-order chi connectivity index (χ1) is 13.1. The van der Waals surface area contributed by atoms with Crippen LogP contribution >= 0.6 is 0 Å². The quantitative estimate of drug-likeness (QED) is 0.380. The minimum Gasteiger partial charge on any atom is -0.497 e. The molecule has 27 heavy (non-hydrogen) atoms. The molecule has 0 spiro atoms. The van der Waals surface area contributed by atoms with Crippen molar-refractivity contribution in [1.82, 2.24) is 16.0 Å². The van der Waals surface area contributed by atoms with Gasteiger partial charge in [-0.25, -0.2) is 4.99 Å². The molecule has 0 aliphatic carbocycles. The fourth-order valence-corrected chi connectivity index (χ4v) is 2.49. The van der Waals surface area contributed by atoms with Gasteiger partial charge in [-0.1, -0.05) is 24.3 Å². The summed E-state index contributed by atoms with van der Waals surface area (Å²) >= 11 is 0. The van der Waals surface area contributed by atoms with E-state index in [1.807, 2.05) is 19.1 Å². The molecular weight excluding hydrogens is 340 g/mol. The van der Waals surface area contributed by atoms with E-state index >= 15 is 0 Å². The van der Waals surface area contributed by atoms with Crippen LogP contribution in [-0.4, -0.2) is 38.6 Å². The number of aryl methyl sites for hydroxylation is 1. The summed E-state index contributed by atoms with van der Waals surface area (Å²) in [6.45, 7) is 6.58. The number of carbonyl (C=O) groups excluding carboxylic acids is 1. The van der Waals surface area contributed by atoms with E-state index in [-0.39, 0.29) is 5.91 Å². The summed E-state index contributed by atoms with van der Waals surface area (Å²) in [6, 6.07) is 15.2. The van der Waals surface area contributed by atoms with Gasteiger partial charge in [0, 0.05) is 25.2 Å². The Kier molecular flexibility index (Phi) is 8.16. The smallest absolute Gasteiger partial charge is 0.251 e. The number of guanidine groups is 1. The summed E-state index contributed by atoms with van der Waals surface area (Å²) in [6.07, 6.45) is 0. The van der Waals surface area contributed by atoms with E-state index in [2.05, 4.69) is 40.0 Å². The van der Waals surface area contributed by atoms with Gasteiger partial charge in [0.1, 0.15) is 5.75 Å². The predicted octanol–water partition coefficient (Wildman–Crippen LogP) is 2.49. The Morgan fingerprint density at radius 2 is 1.70 bits per heavy atom. The van der Waals surface area contributed by atoms with Crippen LogP contribution in [0.3, 0.4) is 0 Å². The maximum absolute atomic E-state index is 12.1. The highest BCUT2D eigenvalue weighted by Gasteiger charge is 2.05. The Bertz CT molecular complexity index is 757. The van der Waals surface area contributed by atoms with Crippen LogP contribution in [0.1, 0.15) is 28.4 Å². The number of ether oxygens (including phenoxy) is 1. The van der Waals surface area contributed by atoms with Crippen molar-refractivity contribution in [2.24, 2.45) is 4.99 Å². The van der Waals surface area contributed by atoms with E-state index in [1.54, 1.807) is 31.4 Å². The lowest BCUT2D eigenvalue weighted by Gasteiger charge is -2.12. The lowest BCUT2D eigenvalue weighted by molar-refractivity contribution is 0.0954. The van der Waals surface area contributed by atoms with Gasteiger partial charge in [0.15, 0.2) is 5.96 Å². The number of carbonyl (C=O) groups is 1. The summed E-state index contributed by atoms with van der Waals surface area (Å²) in [4.78, 5) is 16.7. The second kappa shape index (κ2) is 10.9. The minimum atomic E-state index is -0.110. The fourth-order valence-electron chi connectivity index (χ4n) is 2.49. The molecule has 1 amide bonds. The Labute approximate surface area is 161 Å². The van der Waals surface area contributed by atoms with E-state index in [0.29, 0.717) is 25.2 Å². The van der Waals surface area contributed by atoms with Gasteiger partial charge in [-0.05, 0) is 49.2 Å². The van der Waals surface area contributed by atoms with Crippen molar-refractivity contribution in [3.8, 4) is 5.75 Å². The molecule has 0 radical (unpaired) electrons. The van der Waals surface area contributed by atoms with Crippen molar-refractivity contribution in [3.05, 3.63) is 65.2 Å². The van der Waals surface area contributed by atoms with Gasteiger partial charge in [-0.2, -0.15) is 0 Å². The van der Waals surface area contributed by atoms with Gasteiger partial charge in [0.05, 0.1) is 13.7 Å². The number of benzene rings is 2.